The molecule has 26 heavy (non-hydrogen) atoms. The first-order chi connectivity index (χ1) is 12.2. The van der Waals surface area contributed by atoms with Crippen molar-refractivity contribution in [1.29, 1.82) is 0 Å². The second-order valence-corrected chi connectivity index (χ2v) is 8.66. The van der Waals surface area contributed by atoms with Crippen LogP contribution in [0.3, 0.4) is 0 Å². The molecule has 0 fully saturated rings. The molecule has 0 saturated carbocycles. The molecule has 0 aromatic carbocycles. The van der Waals surface area contributed by atoms with E-state index in [1.165, 1.54) is 25.7 Å². The molecule has 0 heterocycles. The van der Waals surface area contributed by atoms with Gasteiger partial charge in [0.15, 0.2) is 0 Å². The van der Waals surface area contributed by atoms with E-state index in [1.807, 2.05) is 27.7 Å². The maximum absolute atomic E-state index is 12.2. The predicted octanol–water partition coefficient (Wildman–Crippen LogP) is 6.07. The van der Waals surface area contributed by atoms with Gasteiger partial charge in [-0.15, -0.1) is 0 Å². The molecular weight excluding hydrogens is 328 g/mol. The molecular formula is C22H42O4. The highest BCUT2D eigenvalue weighted by atomic mass is 16.6. The summed E-state index contributed by atoms with van der Waals surface area (Å²) in [6, 6.07) is 0. The Balaban J connectivity index is 4.04. The Hall–Kier alpha value is -1.06. The lowest BCUT2D eigenvalue weighted by molar-refractivity contribution is -0.163. The Bertz CT molecular complexity index is 361. The van der Waals surface area contributed by atoms with Gasteiger partial charge in [-0.05, 0) is 40.5 Å². The summed E-state index contributed by atoms with van der Waals surface area (Å²) in [5, 5.41) is 0. The number of carbonyl (C=O) groups is 2. The zero-order chi connectivity index (χ0) is 20.1. The van der Waals surface area contributed by atoms with Crippen LogP contribution in [0.15, 0.2) is 0 Å². The van der Waals surface area contributed by atoms with E-state index >= 15 is 0 Å². The molecule has 0 bridgehead atoms. The van der Waals surface area contributed by atoms with Gasteiger partial charge in [0.25, 0.3) is 0 Å². The quantitative estimate of drug-likeness (QED) is 0.259. The van der Waals surface area contributed by atoms with Crippen LogP contribution in [-0.4, -0.2) is 25.2 Å². The first-order valence-corrected chi connectivity index (χ1v) is 10.5. The zero-order valence-corrected chi connectivity index (χ0v) is 18.1. The molecule has 0 aromatic rings. The SMILES string of the molecule is CCCCCCC(C)(C)C(=O)OCCOC(=O)C(C)(C)CCCCCC. The lowest BCUT2D eigenvalue weighted by atomic mass is 9.87. The van der Waals surface area contributed by atoms with Gasteiger partial charge in [0.2, 0.25) is 0 Å². The maximum Gasteiger partial charge on any atom is 0.311 e. The summed E-state index contributed by atoms with van der Waals surface area (Å²) in [6.07, 6.45) is 10.8. The summed E-state index contributed by atoms with van der Waals surface area (Å²) in [5.74, 6) is -0.409. The average molecular weight is 371 g/mol. The highest BCUT2D eigenvalue weighted by Crippen LogP contribution is 2.27. The van der Waals surface area contributed by atoms with Gasteiger partial charge in [0.1, 0.15) is 13.2 Å². The van der Waals surface area contributed by atoms with Crippen LogP contribution in [0.4, 0.5) is 0 Å². The number of unbranched alkanes of at least 4 members (excludes halogenated alkanes) is 6. The van der Waals surface area contributed by atoms with Crippen molar-refractivity contribution < 1.29 is 19.1 Å². The van der Waals surface area contributed by atoms with Gasteiger partial charge in [-0.25, -0.2) is 0 Å². The van der Waals surface area contributed by atoms with Gasteiger partial charge in [0, 0.05) is 0 Å². The lowest BCUT2D eigenvalue weighted by Gasteiger charge is -2.24. The summed E-state index contributed by atoms with van der Waals surface area (Å²) in [4.78, 5) is 24.4. The van der Waals surface area contributed by atoms with Gasteiger partial charge in [-0.2, -0.15) is 0 Å². The molecule has 0 aliphatic carbocycles. The van der Waals surface area contributed by atoms with Gasteiger partial charge in [-0.3, -0.25) is 9.59 Å². The van der Waals surface area contributed by atoms with Crippen molar-refractivity contribution in [3.8, 4) is 0 Å². The van der Waals surface area contributed by atoms with Crippen molar-refractivity contribution in [1.82, 2.24) is 0 Å². The monoisotopic (exact) mass is 370 g/mol. The van der Waals surface area contributed by atoms with Crippen molar-refractivity contribution in [3.05, 3.63) is 0 Å². The molecule has 0 N–H and O–H groups in total. The third-order valence-corrected chi connectivity index (χ3v) is 4.97. The van der Waals surface area contributed by atoms with E-state index in [2.05, 4.69) is 13.8 Å². The van der Waals surface area contributed by atoms with Crippen LogP contribution < -0.4 is 0 Å². The van der Waals surface area contributed by atoms with Gasteiger partial charge < -0.3 is 9.47 Å². The summed E-state index contributed by atoms with van der Waals surface area (Å²) in [6.45, 7) is 12.3. The second kappa shape index (κ2) is 13.2. The van der Waals surface area contributed by atoms with E-state index in [0.717, 1.165) is 38.5 Å². The Morgan fingerprint density at radius 1 is 0.615 bits per heavy atom. The highest BCUT2D eigenvalue weighted by molar-refractivity contribution is 5.76. The molecule has 4 nitrogen and oxygen atoms in total. The summed E-state index contributed by atoms with van der Waals surface area (Å²) in [5.41, 5.74) is -0.952. The fourth-order valence-electron chi connectivity index (χ4n) is 2.85. The second-order valence-electron chi connectivity index (χ2n) is 8.66. The van der Waals surface area contributed by atoms with Crippen molar-refractivity contribution in [2.75, 3.05) is 13.2 Å². The fraction of sp³-hybridized carbons (Fsp3) is 0.909. The number of rotatable bonds is 15. The Kier molecular flexibility index (Phi) is 12.6. The highest BCUT2D eigenvalue weighted by Gasteiger charge is 2.30. The van der Waals surface area contributed by atoms with Crippen molar-refractivity contribution in [2.45, 2.75) is 106 Å². The Morgan fingerprint density at radius 2 is 0.962 bits per heavy atom. The van der Waals surface area contributed by atoms with Crippen molar-refractivity contribution in [3.63, 3.8) is 0 Å². The largest absolute Gasteiger partial charge is 0.462 e. The predicted molar refractivity (Wildman–Crippen MR) is 107 cm³/mol. The molecule has 0 radical (unpaired) electrons. The molecule has 0 rings (SSSR count). The summed E-state index contributed by atoms with van der Waals surface area (Å²) >= 11 is 0. The maximum atomic E-state index is 12.2. The molecule has 154 valence electrons. The van der Waals surface area contributed by atoms with Crippen LogP contribution in [-0.2, 0) is 19.1 Å². The Morgan fingerprint density at radius 3 is 1.27 bits per heavy atom. The third kappa shape index (κ3) is 10.8. The van der Waals surface area contributed by atoms with E-state index in [-0.39, 0.29) is 25.2 Å². The minimum Gasteiger partial charge on any atom is -0.462 e. The number of ether oxygens (including phenoxy) is 2. The summed E-state index contributed by atoms with van der Waals surface area (Å²) < 4.78 is 10.6. The molecule has 4 heteroatoms. The van der Waals surface area contributed by atoms with E-state index in [1.54, 1.807) is 0 Å². The normalized spacial score (nSPS) is 12.1. The topological polar surface area (TPSA) is 52.6 Å². The number of hydrogen-bond donors (Lipinski definition) is 0. The number of esters is 2. The van der Waals surface area contributed by atoms with E-state index in [4.69, 9.17) is 9.47 Å². The first kappa shape index (κ1) is 24.9. The molecule has 0 spiro atoms. The molecule has 0 unspecified atom stereocenters. The van der Waals surface area contributed by atoms with E-state index < -0.39 is 10.8 Å². The molecule has 0 aromatic heterocycles. The molecule has 0 saturated heterocycles. The van der Waals surface area contributed by atoms with Crippen molar-refractivity contribution >= 4 is 11.9 Å². The van der Waals surface area contributed by atoms with Crippen LogP contribution in [0, 0.1) is 10.8 Å². The van der Waals surface area contributed by atoms with Crippen molar-refractivity contribution in [2.24, 2.45) is 10.8 Å². The van der Waals surface area contributed by atoms with Gasteiger partial charge in [0.05, 0.1) is 10.8 Å². The smallest absolute Gasteiger partial charge is 0.311 e. The van der Waals surface area contributed by atoms with E-state index in [0.29, 0.717) is 0 Å². The van der Waals surface area contributed by atoms with Crippen LogP contribution in [0.25, 0.3) is 0 Å². The lowest BCUT2D eigenvalue weighted by Crippen LogP contribution is -2.30. The third-order valence-electron chi connectivity index (χ3n) is 4.97. The van der Waals surface area contributed by atoms with Crippen LogP contribution in [0.1, 0.15) is 106 Å². The fourth-order valence-corrected chi connectivity index (χ4v) is 2.85. The molecule has 0 amide bonds. The zero-order valence-electron chi connectivity index (χ0n) is 18.1. The molecule has 0 aliphatic rings. The first-order valence-electron chi connectivity index (χ1n) is 10.5. The van der Waals surface area contributed by atoms with Crippen LogP contribution in [0.2, 0.25) is 0 Å². The number of hydrogen-bond acceptors (Lipinski definition) is 4. The summed E-state index contributed by atoms with van der Waals surface area (Å²) in [7, 11) is 0. The van der Waals surface area contributed by atoms with E-state index in [9.17, 15) is 9.59 Å². The minimum atomic E-state index is -0.476. The number of carbonyl (C=O) groups excluding carboxylic acids is 2. The van der Waals surface area contributed by atoms with Crippen LogP contribution >= 0.6 is 0 Å². The van der Waals surface area contributed by atoms with Gasteiger partial charge in [-0.1, -0.05) is 65.2 Å². The minimum absolute atomic E-state index is 0.134. The molecule has 0 aliphatic heterocycles. The average Bonchev–Trinajstić information content (AvgIpc) is 2.59. The molecule has 0 atom stereocenters. The van der Waals surface area contributed by atoms with Crippen LogP contribution in [0.5, 0.6) is 0 Å². The Labute approximate surface area is 161 Å². The van der Waals surface area contributed by atoms with Gasteiger partial charge >= 0.3 is 11.9 Å². The standard InChI is InChI=1S/C22H42O4/c1-7-9-11-13-15-21(3,4)19(23)25-17-18-26-20(24)22(5,6)16-14-12-10-8-2/h7-18H2,1-6H3.